The Balaban J connectivity index is 1.46. The minimum Gasteiger partial charge on any atom is -0.505 e. The SMILES string of the molecule is COc1cc(C(=O)Nc2c(O)c3ccc(O[C@@H]4OC(C)(C)[C@@H](OC)[C@@H](O)[C@@H]4OC(=O)c4ccc(C)[nH]4)c(Cl)c3oc2=O)ccc1O. The van der Waals surface area contributed by atoms with Crippen LogP contribution in [0.5, 0.6) is 23.0 Å². The number of aliphatic hydroxyl groups is 1. The van der Waals surface area contributed by atoms with Gasteiger partial charge >= 0.3 is 11.6 Å². The van der Waals surface area contributed by atoms with Crippen LogP contribution < -0.4 is 20.4 Å². The number of halogens is 1. The van der Waals surface area contributed by atoms with Crippen molar-refractivity contribution in [1.29, 1.82) is 0 Å². The number of fused-ring (bicyclic) bond motifs is 1. The number of nitrogens with one attached hydrogen (secondary N) is 2. The number of aryl methyl sites for hydroxylation is 1. The van der Waals surface area contributed by atoms with Crippen molar-refractivity contribution in [3.63, 3.8) is 0 Å². The number of anilines is 1. The molecule has 1 aliphatic heterocycles. The third kappa shape index (κ3) is 6.07. The van der Waals surface area contributed by atoms with Crippen LogP contribution in [0.25, 0.3) is 11.0 Å². The number of aromatic amines is 1. The summed E-state index contributed by atoms with van der Waals surface area (Å²) in [6.07, 6.45) is -5.15. The molecule has 1 amide bonds. The first-order valence-corrected chi connectivity index (χ1v) is 14.2. The number of ether oxygens (including phenoxy) is 5. The van der Waals surface area contributed by atoms with E-state index in [2.05, 4.69) is 10.3 Å². The number of hydrogen-bond donors (Lipinski definition) is 5. The highest BCUT2D eigenvalue weighted by atomic mass is 35.5. The van der Waals surface area contributed by atoms with Crippen molar-refractivity contribution >= 4 is 40.1 Å². The minimum atomic E-state index is -1.42. The Morgan fingerprint density at radius 1 is 1.07 bits per heavy atom. The van der Waals surface area contributed by atoms with E-state index in [4.69, 9.17) is 39.7 Å². The quantitative estimate of drug-likeness (QED) is 0.135. The molecule has 1 saturated heterocycles. The molecule has 1 aliphatic rings. The number of aliphatic hydroxyl groups excluding tert-OH is 1. The van der Waals surface area contributed by atoms with E-state index in [1.54, 1.807) is 26.8 Å². The van der Waals surface area contributed by atoms with Gasteiger partial charge in [-0.3, -0.25) is 4.79 Å². The fourth-order valence-corrected chi connectivity index (χ4v) is 5.41. The summed E-state index contributed by atoms with van der Waals surface area (Å²) in [6, 6.07) is 9.62. The first-order valence-electron chi connectivity index (χ1n) is 13.8. The number of amides is 1. The molecule has 14 nitrogen and oxygen atoms in total. The van der Waals surface area contributed by atoms with Gasteiger partial charge in [0, 0.05) is 18.4 Å². The van der Waals surface area contributed by atoms with Crippen LogP contribution >= 0.6 is 11.6 Å². The number of H-pyrrole nitrogens is 1. The molecule has 2 aromatic heterocycles. The monoisotopic (exact) mass is 658 g/mol. The number of carbonyl (C=O) groups excluding carboxylic acids is 2. The molecule has 0 bridgehead atoms. The maximum absolute atomic E-state index is 12.9. The van der Waals surface area contributed by atoms with E-state index in [-0.39, 0.29) is 44.5 Å². The smallest absolute Gasteiger partial charge is 0.364 e. The molecule has 4 atom stereocenters. The fourth-order valence-electron chi connectivity index (χ4n) is 5.16. The van der Waals surface area contributed by atoms with Crippen molar-refractivity contribution in [3.8, 4) is 23.0 Å². The van der Waals surface area contributed by atoms with E-state index in [0.717, 1.165) is 0 Å². The summed E-state index contributed by atoms with van der Waals surface area (Å²) in [6.45, 7) is 5.05. The molecule has 5 rings (SSSR count). The Morgan fingerprint density at radius 3 is 2.46 bits per heavy atom. The zero-order chi connectivity index (χ0) is 33.5. The Bertz CT molecular complexity index is 1870. The van der Waals surface area contributed by atoms with Gasteiger partial charge in [-0.2, -0.15) is 0 Å². The number of carbonyl (C=O) groups is 2. The van der Waals surface area contributed by atoms with Crippen LogP contribution in [0.1, 0.15) is 40.4 Å². The van der Waals surface area contributed by atoms with E-state index < -0.39 is 59.1 Å². The second-order valence-electron chi connectivity index (χ2n) is 11.0. The summed E-state index contributed by atoms with van der Waals surface area (Å²) in [7, 11) is 2.68. The molecule has 3 heterocycles. The molecule has 0 unspecified atom stereocenters. The Labute approximate surface area is 266 Å². The van der Waals surface area contributed by atoms with Crippen molar-refractivity contribution in [2.24, 2.45) is 0 Å². The molecule has 1 fully saturated rings. The van der Waals surface area contributed by atoms with Crippen LogP contribution in [-0.4, -0.2) is 76.6 Å². The van der Waals surface area contributed by atoms with Gasteiger partial charge in [-0.05, 0) is 63.2 Å². The maximum Gasteiger partial charge on any atom is 0.364 e. The van der Waals surface area contributed by atoms with Crippen molar-refractivity contribution < 1.29 is 53.0 Å². The summed E-state index contributed by atoms with van der Waals surface area (Å²) in [5, 5.41) is 33.9. The van der Waals surface area contributed by atoms with Gasteiger partial charge in [0.05, 0.1) is 18.1 Å². The molecule has 0 aliphatic carbocycles. The third-order valence-corrected chi connectivity index (χ3v) is 7.80. The maximum atomic E-state index is 12.9. The predicted octanol–water partition coefficient (Wildman–Crippen LogP) is 3.87. The lowest BCUT2D eigenvalue weighted by Crippen LogP contribution is -2.64. The fraction of sp³-hybridized carbons (Fsp3) is 0.323. The molecule has 0 radical (unpaired) electrons. The summed E-state index contributed by atoms with van der Waals surface area (Å²) in [4.78, 5) is 41.5. The first-order chi connectivity index (χ1) is 21.7. The molecule has 5 N–H and O–H groups in total. The molecule has 0 saturated carbocycles. The van der Waals surface area contributed by atoms with Gasteiger partial charge in [-0.25, -0.2) is 9.59 Å². The zero-order valence-corrected chi connectivity index (χ0v) is 26.0. The lowest BCUT2D eigenvalue weighted by molar-refractivity contribution is -0.305. The van der Waals surface area contributed by atoms with Gasteiger partial charge in [0.1, 0.15) is 28.7 Å². The van der Waals surface area contributed by atoms with Crippen LogP contribution in [-0.2, 0) is 14.2 Å². The van der Waals surface area contributed by atoms with Gasteiger partial charge in [0.15, 0.2) is 34.6 Å². The standard InChI is InChI=1S/C31H31ClN2O12/c1-13-6-9-16(33-13)28(39)45-25-23(37)26(42-5)31(2,3)46-30(25)43-18-11-8-15-22(36)21(29(40)44-24(15)20(18)32)34-27(38)14-7-10-17(35)19(12-14)41-4/h6-12,23,25-26,30,33,35-37H,1-5H3,(H,34,38)/t23-,25-,26-,30+/m0/s1. The summed E-state index contributed by atoms with van der Waals surface area (Å²) < 4.78 is 33.5. The van der Waals surface area contributed by atoms with Crippen molar-refractivity contribution in [3.05, 3.63) is 74.9 Å². The number of phenolic OH excluding ortho intramolecular Hbond substituents is 1. The van der Waals surface area contributed by atoms with Crippen LogP contribution in [0.2, 0.25) is 5.02 Å². The van der Waals surface area contributed by atoms with E-state index in [9.17, 15) is 29.7 Å². The number of methoxy groups -OCH3 is 2. The molecular formula is C31H31ClN2O12. The number of esters is 1. The molecule has 46 heavy (non-hydrogen) atoms. The minimum absolute atomic E-state index is 0.0188. The summed E-state index contributed by atoms with van der Waals surface area (Å²) in [5.41, 5.74) is -2.25. The average Bonchev–Trinajstić information content (AvgIpc) is 3.45. The third-order valence-electron chi connectivity index (χ3n) is 7.44. The number of aromatic nitrogens is 1. The molecule has 2 aromatic carbocycles. The van der Waals surface area contributed by atoms with Gasteiger partial charge in [-0.1, -0.05) is 11.6 Å². The molecule has 0 spiro atoms. The van der Waals surface area contributed by atoms with Crippen molar-refractivity contribution in [1.82, 2.24) is 4.98 Å². The van der Waals surface area contributed by atoms with Gasteiger partial charge in [-0.15, -0.1) is 0 Å². The Morgan fingerprint density at radius 2 is 1.80 bits per heavy atom. The van der Waals surface area contributed by atoms with Crippen LogP contribution in [0.3, 0.4) is 0 Å². The summed E-state index contributed by atoms with van der Waals surface area (Å²) >= 11 is 6.57. The number of hydrogen-bond acceptors (Lipinski definition) is 12. The largest absolute Gasteiger partial charge is 0.505 e. The number of rotatable bonds is 8. The second-order valence-corrected chi connectivity index (χ2v) is 11.4. The number of phenols is 1. The lowest BCUT2D eigenvalue weighted by Gasteiger charge is -2.47. The van der Waals surface area contributed by atoms with Gasteiger partial charge in [0.2, 0.25) is 6.29 Å². The van der Waals surface area contributed by atoms with E-state index in [1.165, 1.54) is 50.6 Å². The highest BCUT2D eigenvalue weighted by molar-refractivity contribution is 6.36. The van der Waals surface area contributed by atoms with Crippen LogP contribution in [0, 0.1) is 6.92 Å². The molecular weight excluding hydrogens is 628 g/mol. The lowest BCUT2D eigenvalue weighted by atomic mass is 9.89. The molecule has 244 valence electrons. The predicted molar refractivity (Wildman–Crippen MR) is 163 cm³/mol. The first kappa shape index (κ1) is 32.6. The Hall–Kier alpha value is -4.76. The average molecular weight is 659 g/mol. The van der Waals surface area contributed by atoms with Crippen LogP contribution in [0.4, 0.5) is 5.69 Å². The molecule has 15 heteroatoms. The van der Waals surface area contributed by atoms with Crippen LogP contribution in [0.15, 0.2) is 51.7 Å². The zero-order valence-electron chi connectivity index (χ0n) is 25.2. The summed E-state index contributed by atoms with van der Waals surface area (Å²) in [5.74, 6) is -2.51. The highest BCUT2D eigenvalue weighted by Crippen LogP contribution is 2.41. The Kier molecular flexibility index (Phi) is 8.91. The van der Waals surface area contributed by atoms with E-state index in [0.29, 0.717) is 5.69 Å². The van der Waals surface area contributed by atoms with E-state index in [1.807, 2.05) is 0 Å². The van der Waals surface area contributed by atoms with E-state index >= 15 is 0 Å². The topological polar surface area (TPSA) is 199 Å². The van der Waals surface area contributed by atoms with Crippen molar-refractivity contribution in [2.45, 2.75) is 51.0 Å². The normalized spacial score (nSPS) is 20.7. The second kappa shape index (κ2) is 12.6. The van der Waals surface area contributed by atoms with Gasteiger partial charge < -0.3 is 53.7 Å². The van der Waals surface area contributed by atoms with Crippen molar-refractivity contribution in [2.75, 3.05) is 19.5 Å². The number of aromatic hydroxyl groups is 2. The highest BCUT2D eigenvalue weighted by Gasteiger charge is 2.53. The molecule has 4 aromatic rings. The van der Waals surface area contributed by atoms with Gasteiger partial charge in [0.25, 0.3) is 5.91 Å². The number of benzene rings is 2.